The van der Waals surface area contributed by atoms with Crippen molar-refractivity contribution in [1.29, 1.82) is 0 Å². The highest BCUT2D eigenvalue weighted by atomic mass is 16.4. The fourth-order valence-electron chi connectivity index (χ4n) is 2.54. The van der Waals surface area contributed by atoms with Gasteiger partial charge in [0, 0.05) is 19.2 Å². The van der Waals surface area contributed by atoms with Gasteiger partial charge in [0.05, 0.1) is 0 Å². The van der Waals surface area contributed by atoms with E-state index in [1.165, 1.54) is 0 Å². The smallest absolute Gasteiger partial charge is 0.407 e. The van der Waals surface area contributed by atoms with E-state index in [0.717, 1.165) is 38.5 Å². The first-order valence-electron chi connectivity index (χ1n) is 6.29. The number of likely N-dealkylation sites (tertiary alicyclic amines) is 1. The van der Waals surface area contributed by atoms with Crippen LogP contribution in [0.1, 0.15) is 45.4 Å². The quantitative estimate of drug-likeness (QED) is 0.760. The Labute approximate surface area is 97.3 Å². The standard InChI is InChI=1S/C12H23NO3/c1-2-3-4-11-9-10(6-8-14)5-7-13(11)12(15)16/h10-11,14H,2-9H2,1H3,(H,15,16). The van der Waals surface area contributed by atoms with E-state index in [9.17, 15) is 4.79 Å². The van der Waals surface area contributed by atoms with E-state index in [1.807, 2.05) is 0 Å². The maximum Gasteiger partial charge on any atom is 0.407 e. The predicted octanol–water partition coefficient (Wildman–Crippen LogP) is 2.32. The fraction of sp³-hybridized carbons (Fsp3) is 0.917. The molecule has 1 aliphatic rings. The largest absolute Gasteiger partial charge is 0.465 e. The number of hydrogen-bond acceptors (Lipinski definition) is 2. The SMILES string of the molecule is CCCCC1CC(CCO)CCN1C(=O)O. The number of aliphatic hydroxyl groups is 1. The van der Waals surface area contributed by atoms with Crippen molar-refractivity contribution in [1.82, 2.24) is 4.90 Å². The van der Waals surface area contributed by atoms with Crippen LogP contribution in [0.2, 0.25) is 0 Å². The number of amides is 1. The van der Waals surface area contributed by atoms with Crippen LogP contribution in [-0.2, 0) is 0 Å². The summed E-state index contributed by atoms with van der Waals surface area (Å²) in [6.45, 7) is 2.98. The second-order valence-electron chi connectivity index (χ2n) is 4.67. The Morgan fingerprint density at radius 2 is 2.19 bits per heavy atom. The third kappa shape index (κ3) is 3.67. The molecule has 0 bridgehead atoms. The van der Waals surface area contributed by atoms with E-state index in [2.05, 4.69) is 6.92 Å². The summed E-state index contributed by atoms with van der Waals surface area (Å²) in [5.41, 5.74) is 0. The van der Waals surface area contributed by atoms with Crippen LogP contribution in [0.15, 0.2) is 0 Å². The molecule has 0 saturated carbocycles. The van der Waals surface area contributed by atoms with Gasteiger partial charge in [0.2, 0.25) is 0 Å². The molecule has 1 aliphatic heterocycles. The second-order valence-corrected chi connectivity index (χ2v) is 4.67. The van der Waals surface area contributed by atoms with E-state index in [-0.39, 0.29) is 12.6 Å². The first-order chi connectivity index (χ1) is 7.69. The molecule has 0 aliphatic carbocycles. The minimum absolute atomic E-state index is 0.169. The summed E-state index contributed by atoms with van der Waals surface area (Å²) in [5.74, 6) is 0.502. The summed E-state index contributed by atoms with van der Waals surface area (Å²) in [7, 11) is 0. The van der Waals surface area contributed by atoms with Crippen molar-refractivity contribution in [3.05, 3.63) is 0 Å². The maximum absolute atomic E-state index is 11.1. The minimum Gasteiger partial charge on any atom is -0.465 e. The van der Waals surface area contributed by atoms with Crippen molar-refractivity contribution >= 4 is 6.09 Å². The van der Waals surface area contributed by atoms with Crippen LogP contribution in [0.25, 0.3) is 0 Å². The Balaban J connectivity index is 2.50. The molecule has 94 valence electrons. The number of piperidine rings is 1. The number of hydrogen-bond donors (Lipinski definition) is 2. The molecule has 0 aromatic heterocycles. The summed E-state index contributed by atoms with van der Waals surface area (Å²) in [6.07, 6.45) is 5.00. The highest BCUT2D eigenvalue weighted by molar-refractivity contribution is 5.65. The van der Waals surface area contributed by atoms with Gasteiger partial charge < -0.3 is 15.1 Å². The van der Waals surface area contributed by atoms with Gasteiger partial charge >= 0.3 is 6.09 Å². The lowest BCUT2D eigenvalue weighted by atomic mass is 9.86. The molecule has 0 aromatic rings. The molecule has 16 heavy (non-hydrogen) atoms. The Morgan fingerprint density at radius 3 is 2.75 bits per heavy atom. The lowest BCUT2D eigenvalue weighted by molar-refractivity contribution is 0.0789. The molecule has 4 heteroatoms. The van der Waals surface area contributed by atoms with Crippen molar-refractivity contribution in [3.63, 3.8) is 0 Å². The molecular weight excluding hydrogens is 206 g/mol. The van der Waals surface area contributed by atoms with Gasteiger partial charge in [-0.15, -0.1) is 0 Å². The lowest BCUT2D eigenvalue weighted by Gasteiger charge is -2.37. The van der Waals surface area contributed by atoms with E-state index in [0.29, 0.717) is 12.5 Å². The highest BCUT2D eigenvalue weighted by Crippen LogP contribution is 2.28. The van der Waals surface area contributed by atoms with Crippen LogP contribution >= 0.6 is 0 Å². The highest BCUT2D eigenvalue weighted by Gasteiger charge is 2.30. The van der Waals surface area contributed by atoms with Crippen LogP contribution in [0.4, 0.5) is 4.79 Å². The van der Waals surface area contributed by atoms with Gasteiger partial charge in [-0.25, -0.2) is 4.79 Å². The van der Waals surface area contributed by atoms with Crippen molar-refractivity contribution in [2.45, 2.75) is 51.5 Å². The van der Waals surface area contributed by atoms with Crippen LogP contribution in [-0.4, -0.2) is 40.4 Å². The molecule has 1 heterocycles. The molecule has 4 nitrogen and oxygen atoms in total. The van der Waals surface area contributed by atoms with Crippen LogP contribution in [0.5, 0.6) is 0 Å². The topological polar surface area (TPSA) is 60.8 Å². The first-order valence-corrected chi connectivity index (χ1v) is 6.29. The van der Waals surface area contributed by atoms with Gasteiger partial charge in [-0.1, -0.05) is 19.8 Å². The first kappa shape index (κ1) is 13.3. The molecule has 0 spiro atoms. The Hall–Kier alpha value is -0.770. The zero-order chi connectivity index (χ0) is 12.0. The molecule has 1 amide bonds. The van der Waals surface area contributed by atoms with Gasteiger partial charge in [-0.2, -0.15) is 0 Å². The number of nitrogens with zero attached hydrogens (tertiary/aromatic N) is 1. The van der Waals surface area contributed by atoms with E-state index < -0.39 is 6.09 Å². The summed E-state index contributed by atoms with van der Waals surface area (Å²) >= 11 is 0. The maximum atomic E-state index is 11.1. The van der Waals surface area contributed by atoms with Crippen LogP contribution in [0, 0.1) is 5.92 Å². The number of rotatable bonds is 5. The number of unbranched alkanes of at least 4 members (excludes halogenated alkanes) is 1. The zero-order valence-electron chi connectivity index (χ0n) is 10.1. The minimum atomic E-state index is -0.788. The number of carbonyl (C=O) groups is 1. The molecule has 1 fully saturated rings. The monoisotopic (exact) mass is 229 g/mol. The molecule has 2 unspecified atom stereocenters. The van der Waals surface area contributed by atoms with Gasteiger partial charge in [-0.3, -0.25) is 0 Å². The number of aliphatic hydroxyl groups excluding tert-OH is 1. The molecule has 0 radical (unpaired) electrons. The average Bonchev–Trinajstić information content (AvgIpc) is 2.26. The van der Waals surface area contributed by atoms with Gasteiger partial charge in [0.1, 0.15) is 0 Å². The third-order valence-corrected chi connectivity index (χ3v) is 3.50. The zero-order valence-corrected chi connectivity index (χ0v) is 10.1. The predicted molar refractivity (Wildman–Crippen MR) is 62.5 cm³/mol. The molecular formula is C12H23NO3. The summed E-state index contributed by atoms with van der Waals surface area (Å²) in [4.78, 5) is 12.7. The lowest BCUT2D eigenvalue weighted by Crippen LogP contribution is -2.45. The van der Waals surface area contributed by atoms with E-state index in [4.69, 9.17) is 10.2 Å². The second kappa shape index (κ2) is 6.74. The molecule has 2 atom stereocenters. The summed E-state index contributed by atoms with van der Waals surface area (Å²) in [5, 5.41) is 18.0. The molecule has 0 aromatic carbocycles. The van der Waals surface area contributed by atoms with Crippen LogP contribution < -0.4 is 0 Å². The van der Waals surface area contributed by atoms with Crippen LogP contribution in [0.3, 0.4) is 0 Å². The fourth-order valence-corrected chi connectivity index (χ4v) is 2.54. The van der Waals surface area contributed by atoms with Gasteiger partial charge in [0.25, 0.3) is 0 Å². The van der Waals surface area contributed by atoms with Crippen molar-refractivity contribution < 1.29 is 15.0 Å². The molecule has 2 N–H and O–H groups in total. The van der Waals surface area contributed by atoms with Crippen molar-refractivity contribution in [3.8, 4) is 0 Å². The van der Waals surface area contributed by atoms with E-state index >= 15 is 0 Å². The molecule has 1 saturated heterocycles. The molecule has 1 rings (SSSR count). The summed E-state index contributed by atoms with van der Waals surface area (Å²) < 4.78 is 0. The van der Waals surface area contributed by atoms with Gasteiger partial charge in [-0.05, 0) is 31.6 Å². The Kier molecular flexibility index (Phi) is 5.60. The number of carboxylic acid groups (broad SMARTS) is 1. The van der Waals surface area contributed by atoms with Crippen molar-refractivity contribution in [2.24, 2.45) is 5.92 Å². The van der Waals surface area contributed by atoms with E-state index in [1.54, 1.807) is 4.90 Å². The summed E-state index contributed by atoms with van der Waals surface area (Å²) in [6, 6.07) is 0.169. The Morgan fingerprint density at radius 1 is 1.44 bits per heavy atom. The average molecular weight is 229 g/mol. The van der Waals surface area contributed by atoms with Gasteiger partial charge in [0.15, 0.2) is 0 Å². The third-order valence-electron chi connectivity index (χ3n) is 3.50. The van der Waals surface area contributed by atoms with Crippen molar-refractivity contribution in [2.75, 3.05) is 13.2 Å². The Bertz CT molecular complexity index is 220. The normalized spacial score (nSPS) is 25.8.